The van der Waals surface area contributed by atoms with E-state index in [4.69, 9.17) is 22.7 Å². The van der Waals surface area contributed by atoms with Gasteiger partial charge < -0.3 is 10.5 Å². The lowest BCUT2D eigenvalue weighted by Gasteiger charge is -2.17. The molecule has 0 heterocycles. The second-order valence-electron chi connectivity index (χ2n) is 6.24. The van der Waals surface area contributed by atoms with Crippen LogP contribution in [-0.2, 0) is 28.5 Å². The van der Waals surface area contributed by atoms with Gasteiger partial charge in [-0.15, -0.1) is 0 Å². The Hall–Kier alpha value is -2.41. The van der Waals surface area contributed by atoms with Gasteiger partial charge in [-0.3, -0.25) is 4.79 Å². The standard InChI is InChI=1S/C20H20F3NO2S/c1-26-19(25)15(9-13-5-4-7-16(10-13)20(21,22)23)12-17(27)11-14-6-2-3-8-18(14)24/h2-8,10,15H,9,11-12,24H2,1H3. The molecule has 27 heavy (non-hydrogen) atoms. The quantitative estimate of drug-likeness (QED) is 0.422. The van der Waals surface area contributed by atoms with Crippen LogP contribution in [0.5, 0.6) is 0 Å². The zero-order chi connectivity index (χ0) is 20.0. The molecule has 0 saturated heterocycles. The molecule has 0 radical (unpaired) electrons. The molecular formula is C20H20F3NO2S. The molecule has 0 aromatic heterocycles. The lowest BCUT2D eigenvalue weighted by Crippen LogP contribution is -2.22. The second-order valence-corrected chi connectivity index (χ2v) is 6.82. The topological polar surface area (TPSA) is 52.3 Å². The molecule has 0 aliphatic heterocycles. The van der Waals surface area contributed by atoms with Gasteiger partial charge in [0.15, 0.2) is 0 Å². The van der Waals surface area contributed by atoms with Crippen molar-refractivity contribution < 1.29 is 22.7 Å². The van der Waals surface area contributed by atoms with Gasteiger partial charge in [0.1, 0.15) is 0 Å². The number of para-hydroxylation sites is 1. The average Bonchev–Trinajstić information content (AvgIpc) is 2.62. The maximum atomic E-state index is 12.9. The van der Waals surface area contributed by atoms with E-state index in [1.165, 1.54) is 13.2 Å². The highest BCUT2D eigenvalue weighted by Gasteiger charge is 2.31. The Bertz CT molecular complexity index is 821. The van der Waals surface area contributed by atoms with E-state index in [2.05, 4.69) is 0 Å². The molecule has 0 aliphatic rings. The van der Waals surface area contributed by atoms with Crippen LogP contribution < -0.4 is 5.73 Å². The smallest absolute Gasteiger partial charge is 0.416 e. The first-order valence-corrected chi connectivity index (χ1v) is 8.70. The average molecular weight is 395 g/mol. The number of carbonyl (C=O) groups is 1. The number of thiocarbonyl (C=S) groups is 1. The molecule has 2 rings (SSSR count). The molecule has 0 bridgehead atoms. The lowest BCUT2D eigenvalue weighted by atomic mass is 9.92. The Morgan fingerprint density at radius 2 is 1.89 bits per heavy atom. The van der Waals surface area contributed by atoms with E-state index in [-0.39, 0.29) is 12.8 Å². The number of halogens is 3. The van der Waals surface area contributed by atoms with Crippen molar-refractivity contribution in [1.82, 2.24) is 0 Å². The number of methoxy groups -OCH3 is 1. The van der Waals surface area contributed by atoms with E-state index in [1.807, 2.05) is 18.2 Å². The van der Waals surface area contributed by atoms with Crippen molar-refractivity contribution in [3.63, 3.8) is 0 Å². The summed E-state index contributed by atoms with van der Waals surface area (Å²) < 4.78 is 43.5. The first kappa shape index (κ1) is 20.9. The minimum Gasteiger partial charge on any atom is -0.469 e. The maximum Gasteiger partial charge on any atom is 0.416 e. The fraction of sp³-hybridized carbons (Fsp3) is 0.300. The van der Waals surface area contributed by atoms with Crippen molar-refractivity contribution >= 4 is 28.7 Å². The van der Waals surface area contributed by atoms with Crippen LogP contribution in [0.1, 0.15) is 23.1 Å². The maximum absolute atomic E-state index is 12.9. The zero-order valence-electron chi connectivity index (χ0n) is 14.8. The first-order chi connectivity index (χ1) is 12.7. The highest BCUT2D eigenvalue weighted by Crippen LogP contribution is 2.30. The predicted octanol–water partition coefficient (Wildman–Crippen LogP) is 4.62. The van der Waals surface area contributed by atoms with E-state index in [0.29, 0.717) is 22.5 Å². The van der Waals surface area contributed by atoms with Crippen LogP contribution in [0.3, 0.4) is 0 Å². The summed E-state index contributed by atoms with van der Waals surface area (Å²) in [7, 11) is 1.25. The van der Waals surface area contributed by atoms with E-state index >= 15 is 0 Å². The number of anilines is 1. The minimum absolute atomic E-state index is 0.112. The third kappa shape index (κ3) is 6.06. The molecule has 1 atom stereocenters. The summed E-state index contributed by atoms with van der Waals surface area (Å²) >= 11 is 5.40. The molecule has 2 N–H and O–H groups in total. The van der Waals surface area contributed by atoms with Crippen LogP contribution in [0.4, 0.5) is 18.9 Å². The van der Waals surface area contributed by atoms with E-state index in [9.17, 15) is 18.0 Å². The molecule has 144 valence electrons. The SMILES string of the molecule is COC(=O)C(CC(=S)Cc1ccccc1N)Cc1cccc(C(F)(F)F)c1. The van der Waals surface area contributed by atoms with E-state index < -0.39 is 23.6 Å². The van der Waals surface area contributed by atoms with Gasteiger partial charge in [-0.05, 0) is 41.0 Å². The van der Waals surface area contributed by atoms with Crippen LogP contribution in [0, 0.1) is 5.92 Å². The number of esters is 1. The van der Waals surface area contributed by atoms with Gasteiger partial charge in [0.05, 0.1) is 18.6 Å². The molecule has 0 amide bonds. The summed E-state index contributed by atoms with van der Waals surface area (Å²) in [5.41, 5.74) is 7.02. The second kappa shape index (κ2) is 8.99. The van der Waals surface area contributed by atoms with Crippen molar-refractivity contribution in [2.45, 2.75) is 25.4 Å². The number of hydrogen-bond donors (Lipinski definition) is 1. The third-order valence-corrected chi connectivity index (χ3v) is 4.50. The largest absolute Gasteiger partial charge is 0.469 e. The normalized spacial score (nSPS) is 12.4. The summed E-state index contributed by atoms with van der Waals surface area (Å²) in [6.07, 6.45) is -3.68. The molecule has 0 aliphatic carbocycles. The highest BCUT2D eigenvalue weighted by atomic mass is 32.1. The van der Waals surface area contributed by atoms with Crippen molar-refractivity contribution in [2.24, 2.45) is 5.92 Å². The number of nitrogens with two attached hydrogens (primary N) is 1. The van der Waals surface area contributed by atoms with Crippen LogP contribution in [0.2, 0.25) is 0 Å². The third-order valence-electron chi connectivity index (χ3n) is 4.19. The molecule has 2 aromatic carbocycles. The number of rotatable bonds is 7. The molecule has 7 heteroatoms. The summed E-state index contributed by atoms with van der Waals surface area (Å²) in [4.78, 5) is 12.7. The Morgan fingerprint density at radius 1 is 1.19 bits per heavy atom. The molecule has 1 unspecified atom stereocenters. The molecule has 0 fully saturated rings. The van der Waals surface area contributed by atoms with Crippen LogP contribution in [0.25, 0.3) is 0 Å². The van der Waals surface area contributed by atoms with Gasteiger partial charge >= 0.3 is 12.1 Å². The van der Waals surface area contributed by atoms with Gasteiger partial charge in [-0.1, -0.05) is 48.6 Å². The molecule has 0 saturated carbocycles. The number of alkyl halides is 3. The van der Waals surface area contributed by atoms with Gasteiger partial charge in [0, 0.05) is 12.1 Å². The van der Waals surface area contributed by atoms with Crippen molar-refractivity contribution in [3.8, 4) is 0 Å². The fourth-order valence-electron chi connectivity index (χ4n) is 2.82. The number of carbonyl (C=O) groups excluding carboxylic acids is 1. The van der Waals surface area contributed by atoms with Crippen molar-refractivity contribution in [2.75, 3.05) is 12.8 Å². The fourth-order valence-corrected chi connectivity index (χ4v) is 3.18. The van der Waals surface area contributed by atoms with Gasteiger partial charge in [0.2, 0.25) is 0 Å². The van der Waals surface area contributed by atoms with Crippen molar-refractivity contribution in [3.05, 3.63) is 65.2 Å². The minimum atomic E-state index is -4.43. The number of hydrogen-bond acceptors (Lipinski definition) is 4. The molecule has 3 nitrogen and oxygen atoms in total. The van der Waals surface area contributed by atoms with Crippen LogP contribution in [-0.4, -0.2) is 17.9 Å². The number of nitrogen functional groups attached to an aromatic ring is 1. The van der Waals surface area contributed by atoms with E-state index in [1.54, 1.807) is 12.1 Å². The highest BCUT2D eigenvalue weighted by molar-refractivity contribution is 7.80. The van der Waals surface area contributed by atoms with E-state index in [0.717, 1.165) is 17.7 Å². The Balaban J connectivity index is 2.13. The molecular weight excluding hydrogens is 375 g/mol. The molecule has 0 spiro atoms. The van der Waals surface area contributed by atoms with Gasteiger partial charge in [0.25, 0.3) is 0 Å². The Morgan fingerprint density at radius 3 is 2.52 bits per heavy atom. The van der Waals surface area contributed by atoms with Gasteiger partial charge in [-0.25, -0.2) is 0 Å². The summed E-state index contributed by atoms with van der Waals surface area (Å²) in [5.74, 6) is -1.16. The van der Waals surface area contributed by atoms with Crippen molar-refractivity contribution in [1.29, 1.82) is 0 Å². The summed E-state index contributed by atoms with van der Waals surface area (Å²) in [6, 6.07) is 12.2. The monoisotopic (exact) mass is 395 g/mol. The zero-order valence-corrected chi connectivity index (χ0v) is 15.6. The predicted molar refractivity (Wildman–Crippen MR) is 102 cm³/mol. The summed E-state index contributed by atoms with van der Waals surface area (Å²) in [5, 5.41) is 0. The van der Waals surface area contributed by atoms with Crippen LogP contribution >= 0.6 is 12.2 Å². The lowest BCUT2D eigenvalue weighted by molar-refractivity contribution is -0.145. The number of ether oxygens (including phenoxy) is 1. The Kier molecular flexibility index (Phi) is 6.96. The number of benzene rings is 2. The van der Waals surface area contributed by atoms with Crippen LogP contribution in [0.15, 0.2) is 48.5 Å². The summed E-state index contributed by atoms with van der Waals surface area (Å²) in [6.45, 7) is 0. The Labute approximate surface area is 161 Å². The van der Waals surface area contributed by atoms with Gasteiger partial charge in [-0.2, -0.15) is 13.2 Å². The molecule has 2 aromatic rings. The first-order valence-electron chi connectivity index (χ1n) is 8.29.